The van der Waals surface area contributed by atoms with E-state index in [1.54, 1.807) is 6.08 Å². The molecule has 0 unspecified atom stereocenters. The van der Waals surface area contributed by atoms with Crippen molar-refractivity contribution < 1.29 is 0 Å². The van der Waals surface area contributed by atoms with E-state index in [1.165, 1.54) is 11.8 Å². The van der Waals surface area contributed by atoms with Crippen molar-refractivity contribution in [1.29, 1.82) is 5.41 Å². The van der Waals surface area contributed by atoms with Crippen LogP contribution in [-0.2, 0) is 6.42 Å². The van der Waals surface area contributed by atoms with Crippen LogP contribution in [0.4, 0.5) is 0 Å². The summed E-state index contributed by atoms with van der Waals surface area (Å²) in [5, 5.41) is 7.14. The van der Waals surface area contributed by atoms with Crippen molar-refractivity contribution in [2.24, 2.45) is 0 Å². The highest BCUT2D eigenvalue weighted by Crippen LogP contribution is 2.11. The van der Waals surface area contributed by atoms with E-state index >= 15 is 0 Å². The van der Waals surface area contributed by atoms with E-state index in [9.17, 15) is 0 Å². The molecular weight excluding hydrogens is 146 g/mol. The van der Waals surface area contributed by atoms with Crippen LogP contribution in [0.2, 0.25) is 0 Å². The third-order valence-electron chi connectivity index (χ3n) is 1.93. The van der Waals surface area contributed by atoms with Gasteiger partial charge in [-0.1, -0.05) is 37.8 Å². The molecule has 1 aromatic carbocycles. The lowest BCUT2D eigenvalue weighted by atomic mass is 10.0. The fourth-order valence-corrected chi connectivity index (χ4v) is 1.15. The van der Waals surface area contributed by atoms with Gasteiger partial charge in [-0.05, 0) is 23.1 Å². The molecule has 1 rings (SSSR count). The summed E-state index contributed by atoms with van der Waals surface area (Å²) in [5.41, 5.74) is 3.27. The molecule has 62 valence electrons. The molecule has 1 nitrogen and oxygen atoms in total. The van der Waals surface area contributed by atoms with E-state index in [2.05, 4.69) is 19.6 Å². The highest BCUT2D eigenvalue weighted by atomic mass is 14.3. The Bertz CT molecular complexity index is 300. The Hall–Kier alpha value is -1.37. The second-order valence-electron chi connectivity index (χ2n) is 2.67. The molecule has 1 heteroatoms. The maximum Gasteiger partial charge on any atom is 0.0256 e. The fraction of sp³-hybridized carbons (Fsp3) is 0.182. The van der Waals surface area contributed by atoms with Gasteiger partial charge in [0.1, 0.15) is 0 Å². The summed E-state index contributed by atoms with van der Waals surface area (Å²) in [6, 6.07) is 6.09. The number of benzene rings is 1. The zero-order chi connectivity index (χ0) is 8.97. The minimum Gasteiger partial charge on any atom is -0.308 e. The zero-order valence-corrected chi connectivity index (χ0v) is 7.30. The molecule has 0 aromatic heterocycles. The summed E-state index contributed by atoms with van der Waals surface area (Å²) in [7, 11) is 0. The SMILES string of the molecule is C=Cc1cc(CC)ccc1C=N. The molecule has 0 bridgehead atoms. The van der Waals surface area contributed by atoms with Crippen LogP contribution in [0.25, 0.3) is 6.08 Å². The Kier molecular flexibility index (Phi) is 2.81. The summed E-state index contributed by atoms with van der Waals surface area (Å²) in [5.74, 6) is 0. The van der Waals surface area contributed by atoms with Crippen LogP contribution in [0.1, 0.15) is 23.6 Å². The maximum absolute atomic E-state index is 7.14. The summed E-state index contributed by atoms with van der Waals surface area (Å²) in [6.45, 7) is 5.83. The van der Waals surface area contributed by atoms with Gasteiger partial charge in [0.2, 0.25) is 0 Å². The minimum absolute atomic E-state index is 0.933. The first-order valence-electron chi connectivity index (χ1n) is 4.07. The lowest BCUT2D eigenvalue weighted by Gasteiger charge is -2.02. The van der Waals surface area contributed by atoms with E-state index in [1.807, 2.05) is 12.1 Å². The molecule has 0 fully saturated rings. The zero-order valence-electron chi connectivity index (χ0n) is 7.30. The molecule has 0 saturated carbocycles. The minimum atomic E-state index is 0.933. The summed E-state index contributed by atoms with van der Waals surface area (Å²) in [6.07, 6.45) is 4.18. The van der Waals surface area contributed by atoms with Crippen LogP contribution in [0.5, 0.6) is 0 Å². The Morgan fingerprint density at radius 3 is 2.67 bits per heavy atom. The van der Waals surface area contributed by atoms with E-state index in [0.29, 0.717) is 0 Å². The fourth-order valence-electron chi connectivity index (χ4n) is 1.15. The van der Waals surface area contributed by atoms with Crippen LogP contribution in [0.15, 0.2) is 24.8 Å². The predicted molar refractivity (Wildman–Crippen MR) is 53.8 cm³/mol. The van der Waals surface area contributed by atoms with E-state index < -0.39 is 0 Å². The van der Waals surface area contributed by atoms with Gasteiger partial charge in [0.25, 0.3) is 0 Å². The molecule has 0 aliphatic heterocycles. The molecule has 0 saturated heterocycles. The highest BCUT2D eigenvalue weighted by Gasteiger charge is 1.96. The molecule has 0 amide bonds. The van der Waals surface area contributed by atoms with Crippen molar-refractivity contribution in [3.05, 3.63) is 41.5 Å². The van der Waals surface area contributed by atoms with Crippen molar-refractivity contribution in [1.82, 2.24) is 0 Å². The highest BCUT2D eigenvalue weighted by molar-refractivity contribution is 5.83. The van der Waals surface area contributed by atoms with Crippen LogP contribution >= 0.6 is 0 Å². The average Bonchev–Trinajstić information content (AvgIpc) is 2.16. The van der Waals surface area contributed by atoms with Gasteiger partial charge in [-0.15, -0.1) is 0 Å². The topological polar surface area (TPSA) is 23.9 Å². The Morgan fingerprint density at radius 1 is 1.42 bits per heavy atom. The molecule has 0 heterocycles. The molecule has 0 spiro atoms. The number of nitrogens with one attached hydrogen (secondary N) is 1. The molecule has 1 N–H and O–H groups in total. The van der Waals surface area contributed by atoms with Gasteiger partial charge < -0.3 is 5.41 Å². The van der Waals surface area contributed by atoms with Crippen LogP contribution < -0.4 is 0 Å². The smallest absolute Gasteiger partial charge is 0.0256 e. The molecule has 0 radical (unpaired) electrons. The van der Waals surface area contributed by atoms with E-state index in [0.717, 1.165) is 17.5 Å². The van der Waals surface area contributed by atoms with Gasteiger partial charge in [0, 0.05) is 6.21 Å². The number of aryl methyl sites for hydroxylation is 1. The first-order chi connectivity index (χ1) is 5.81. The number of hydrogen-bond acceptors (Lipinski definition) is 1. The molecular formula is C11H13N. The molecule has 0 atom stereocenters. The normalized spacial score (nSPS) is 9.42. The van der Waals surface area contributed by atoms with Gasteiger partial charge >= 0.3 is 0 Å². The van der Waals surface area contributed by atoms with Crippen molar-refractivity contribution >= 4 is 12.3 Å². The molecule has 0 aliphatic rings. The maximum atomic E-state index is 7.14. The second kappa shape index (κ2) is 3.86. The first-order valence-corrected chi connectivity index (χ1v) is 4.07. The lowest BCUT2D eigenvalue weighted by Crippen LogP contribution is -1.88. The Labute approximate surface area is 73.3 Å². The van der Waals surface area contributed by atoms with E-state index in [4.69, 9.17) is 5.41 Å². The lowest BCUT2D eigenvalue weighted by molar-refractivity contribution is 1.14. The van der Waals surface area contributed by atoms with Gasteiger partial charge in [0.15, 0.2) is 0 Å². The number of rotatable bonds is 3. The summed E-state index contributed by atoms with van der Waals surface area (Å²) in [4.78, 5) is 0. The predicted octanol–water partition coefficient (Wildman–Crippen LogP) is 2.89. The van der Waals surface area contributed by atoms with Crippen molar-refractivity contribution in [3.8, 4) is 0 Å². The Morgan fingerprint density at radius 2 is 2.17 bits per heavy atom. The third kappa shape index (κ3) is 1.62. The van der Waals surface area contributed by atoms with Gasteiger partial charge in [-0.2, -0.15) is 0 Å². The average molecular weight is 159 g/mol. The van der Waals surface area contributed by atoms with Crippen LogP contribution in [0.3, 0.4) is 0 Å². The van der Waals surface area contributed by atoms with Gasteiger partial charge in [-0.3, -0.25) is 0 Å². The van der Waals surface area contributed by atoms with E-state index in [-0.39, 0.29) is 0 Å². The monoisotopic (exact) mass is 159 g/mol. The quantitative estimate of drug-likeness (QED) is 0.656. The standard InChI is InChI=1S/C11H13N/c1-3-9-5-6-11(8-12)10(4-2)7-9/h4-8,12H,2-3H2,1H3. The molecule has 1 aromatic rings. The largest absolute Gasteiger partial charge is 0.308 e. The van der Waals surface area contributed by atoms with Crippen LogP contribution in [-0.4, -0.2) is 6.21 Å². The third-order valence-corrected chi connectivity index (χ3v) is 1.93. The summed E-state index contributed by atoms with van der Waals surface area (Å²) >= 11 is 0. The van der Waals surface area contributed by atoms with Crippen molar-refractivity contribution in [3.63, 3.8) is 0 Å². The van der Waals surface area contributed by atoms with Gasteiger partial charge in [-0.25, -0.2) is 0 Å². The number of hydrogen-bond donors (Lipinski definition) is 1. The second-order valence-corrected chi connectivity index (χ2v) is 2.67. The Balaban J connectivity index is 3.18. The first kappa shape index (κ1) is 8.72. The molecule has 12 heavy (non-hydrogen) atoms. The van der Waals surface area contributed by atoms with Gasteiger partial charge in [0.05, 0.1) is 0 Å². The van der Waals surface area contributed by atoms with Crippen LogP contribution in [0, 0.1) is 5.41 Å². The summed E-state index contributed by atoms with van der Waals surface area (Å²) < 4.78 is 0. The van der Waals surface area contributed by atoms with Crippen molar-refractivity contribution in [2.45, 2.75) is 13.3 Å². The van der Waals surface area contributed by atoms with Crippen molar-refractivity contribution in [2.75, 3.05) is 0 Å². The molecule has 0 aliphatic carbocycles.